The summed E-state index contributed by atoms with van der Waals surface area (Å²) in [7, 11) is 0. The largest absolute Gasteiger partial charge is 0.352 e. The summed E-state index contributed by atoms with van der Waals surface area (Å²) >= 11 is 6.09. The minimum absolute atomic E-state index is 0.0482. The Morgan fingerprint density at radius 3 is 2.85 bits per heavy atom. The molecule has 0 fully saturated rings. The molecule has 4 rings (SSSR count). The smallest absolute Gasteiger partial charge is 0.224 e. The second-order valence-electron chi connectivity index (χ2n) is 6.26. The average Bonchev–Trinajstić information content (AvgIpc) is 3.09. The van der Waals surface area contributed by atoms with E-state index in [-0.39, 0.29) is 12.3 Å². The van der Waals surface area contributed by atoms with Crippen LogP contribution in [0.15, 0.2) is 67.3 Å². The van der Waals surface area contributed by atoms with Gasteiger partial charge in [0.15, 0.2) is 0 Å². The maximum absolute atomic E-state index is 12.3. The third-order valence-corrected chi connectivity index (χ3v) is 4.57. The number of nitrogens with zero attached hydrogens (tertiary/aromatic N) is 2. The van der Waals surface area contributed by atoms with E-state index in [1.54, 1.807) is 18.6 Å². The first-order valence-electron chi connectivity index (χ1n) is 8.56. The van der Waals surface area contributed by atoms with Crippen molar-refractivity contribution in [2.24, 2.45) is 0 Å². The summed E-state index contributed by atoms with van der Waals surface area (Å²) in [4.78, 5) is 24.0. The maximum Gasteiger partial charge on any atom is 0.224 e. The number of fused-ring (bicyclic) bond motifs is 1. The quantitative estimate of drug-likeness (QED) is 0.550. The fraction of sp³-hybridized carbons (Fsp3) is 0.0952. The van der Waals surface area contributed by atoms with Crippen molar-refractivity contribution in [1.82, 2.24) is 20.3 Å². The van der Waals surface area contributed by atoms with E-state index < -0.39 is 0 Å². The Morgan fingerprint density at radius 1 is 1.11 bits per heavy atom. The molecule has 0 aliphatic heterocycles. The molecule has 0 spiro atoms. The number of pyridine rings is 2. The minimum Gasteiger partial charge on any atom is -0.352 e. The van der Waals surface area contributed by atoms with Gasteiger partial charge in [0.2, 0.25) is 5.91 Å². The average molecular weight is 377 g/mol. The molecule has 134 valence electrons. The predicted octanol–water partition coefficient (Wildman–Crippen LogP) is 4.14. The Labute approximate surface area is 161 Å². The summed E-state index contributed by atoms with van der Waals surface area (Å²) in [6.45, 7) is 0.459. The highest BCUT2D eigenvalue weighted by molar-refractivity contribution is 6.30. The van der Waals surface area contributed by atoms with E-state index in [4.69, 9.17) is 11.6 Å². The van der Waals surface area contributed by atoms with E-state index >= 15 is 0 Å². The SMILES string of the molecule is O=C(Cc1c[nH]c2ncc(-c3cccc(Cl)c3)cc12)NCc1cccnc1. The molecule has 0 saturated carbocycles. The number of hydrogen-bond donors (Lipinski definition) is 2. The van der Waals surface area contributed by atoms with Gasteiger partial charge in [0.1, 0.15) is 5.65 Å². The van der Waals surface area contributed by atoms with E-state index in [0.717, 1.165) is 33.3 Å². The second kappa shape index (κ2) is 7.60. The van der Waals surface area contributed by atoms with Crippen LogP contribution >= 0.6 is 11.6 Å². The fourth-order valence-corrected chi connectivity index (χ4v) is 3.16. The van der Waals surface area contributed by atoms with Crippen molar-refractivity contribution in [1.29, 1.82) is 0 Å². The summed E-state index contributed by atoms with van der Waals surface area (Å²) in [5, 5.41) is 4.54. The Hall–Kier alpha value is -3.18. The number of H-pyrrole nitrogens is 1. The third kappa shape index (κ3) is 3.99. The molecule has 0 aliphatic carbocycles. The highest BCUT2D eigenvalue weighted by Gasteiger charge is 2.11. The van der Waals surface area contributed by atoms with Crippen LogP contribution in [-0.2, 0) is 17.8 Å². The molecule has 0 atom stereocenters. The first-order valence-corrected chi connectivity index (χ1v) is 8.94. The second-order valence-corrected chi connectivity index (χ2v) is 6.70. The molecule has 6 heteroatoms. The zero-order valence-electron chi connectivity index (χ0n) is 14.4. The van der Waals surface area contributed by atoms with Crippen LogP contribution in [-0.4, -0.2) is 20.9 Å². The first kappa shape index (κ1) is 17.2. The molecule has 2 N–H and O–H groups in total. The van der Waals surface area contributed by atoms with Gasteiger partial charge in [0.25, 0.3) is 0 Å². The van der Waals surface area contributed by atoms with Gasteiger partial charge in [0, 0.05) is 47.3 Å². The summed E-state index contributed by atoms with van der Waals surface area (Å²) in [6.07, 6.45) is 7.37. The maximum atomic E-state index is 12.3. The van der Waals surface area contributed by atoms with Crippen molar-refractivity contribution in [3.05, 3.63) is 83.4 Å². The topological polar surface area (TPSA) is 70.7 Å². The van der Waals surface area contributed by atoms with Crippen LogP contribution in [0.2, 0.25) is 5.02 Å². The highest BCUT2D eigenvalue weighted by Crippen LogP contribution is 2.26. The molecule has 0 bridgehead atoms. The molecular formula is C21H17ClN4O. The van der Waals surface area contributed by atoms with Gasteiger partial charge in [-0.05, 0) is 41.0 Å². The van der Waals surface area contributed by atoms with Crippen LogP contribution in [0.4, 0.5) is 0 Å². The van der Waals surface area contributed by atoms with Gasteiger partial charge >= 0.3 is 0 Å². The normalized spacial score (nSPS) is 10.9. The fourth-order valence-electron chi connectivity index (χ4n) is 2.97. The standard InChI is InChI=1S/C21H17ClN4O/c22-18-5-1-4-15(7-18)16-8-19-17(13-26-21(19)25-12-16)9-20(27)24-11-14-3-2-6-23-10-14/h1-8,10,12-13H,9,11H2,(H,24,27)(H,25,26). The van der Waals surface area contributed by atoms with Crippen LogP contribution in [0.5, 0.6) is 0 Å². The number of nitrogens with one attached hydrogen (secondary N) is 2. The Kier molecular flexibility index (Phi) is 4.85. The molecule has 1 amide bonds. The van der Waals surface area contributed by atoms with Crippen molar-refractivity contribution >= 4 is 28.5 Å². The van der Waals surface area contributed by atoms with Gasteiger partial charge in [0.05, 0.1) is 6.42 Å². The molecule has 3 aromatic heterocycles. The van der Waals surface area contributed by atoms with Gasteiger partial charge in [-0.2, -0.15) is 0 Å². The Bertz CT molecular complexity index is 1090. The van der Waals surface area contributed by atoms with Crippen molar-refractivity contribution in [2.45, 2.75) is 13.0 Å². The first-order chi connectivity index (χ1) is 13.2. The molecular weight excluding hydrogens is 360 g/mol. The lowest BCUT2D eigenvalue weighted by atomic mass is 10.0. The molecule has 0 saturated heterocycles. The summed E-state index contributed by atoms with van der Waals surface area (Å²) in [6, 6.07) is 13.5. The van der Waals surface area contributed by atoms with Crippen LogP contribution in [0.25, 0.3) is 22.2 Å². The van der Waals surface area contributed by atoms with Crippen LogP contribution in [0.3, 0.4) is 0 Å². The summed E-state index contributed by atoms with van der Waals surface area (Å²) in [5.41, 5.74) is 4.59. The number of aromatic nitrogens is 3. The number of rotatable bonds is 5. The molecule has 27 heavy (non-hydrogen) atoms. The lowest BCUT2D eigenvalue weighted by Gasteiger charge is -2.06. The highest BCUT2D eigenvalue weighted by atomic mass is 35.5. The zero-order valence-corrected chi connectivity index (χ0v) is 15.2. The number of carbonyl (C=O) groups excluding carboxylic acids is 1. The van der Waals surface area contributed by atoms with Crippen LogP contribution in [0.1, 0.15) is 11.1 Å². The van der Waals surface area contributed by atoms with Gasteiger partial charge in [-0.25, -0.2) is 4.98 Å². The van der Waals surface area contributed by atoms with Crippen LogP contribution in [0, 0.1) is 0 Å². The molecule has 4 aromatic rings. The van der Waals surface area contributed by atoms with Crippen molar-refractivity contribution in [3.63, 3.8) is 0 Å². The summed E-state index contributed by atoms with van der Waals surface area (Å²) in [5.74, 6) is -0.0482. The Balaban J connectivity index is 1.53. The molecule has 0 radical (unpaired) electrons. The van der Waals surface area contributed by atoms with Gasteiger partial charge in [-0.3, -0.25) is 9.78 Å². The number of halogens is 1. The van der Waals surface area contributed by atoms with E-state index in [9.17, 15) is 4.79 Å². The molecule has 0 unspecified atom stereocenters. The lowest BCUT2D eigenvalue weighted by molar-refractivity contribution is -0.120. The Morgan fingerprint density at radius 2 is 2.04 bits per heavy atom. The van der Waals surface area contributed by atoms with Gasteiger partial charge in [-0.1, -0.05) is 29.8 Å². The van der Waals surface area contributed by atoms with Crippen molar-refractivity contribution in [3.8, 4) is 11.1 Å². The number of carbonyl (C=O) groups is 1. The summed E-state index contributed by atoms with van der Waals surface area (Å²) < 4.78 is 0. The van der Waals surface area contributed by atoms with Gasteiger partial charge in [-0.15, -0.1) is 0 Å². The lowest BCUT2D eigenvalue weighted by Crippen LogP contribution is -2.24. The molecule has 0 aliphatic rings. The number of amides is 1. The number of benzene rings is 1. The zero-order chi connectivity index (χ0) is 18.6. The minimum atomic E-state index is -0.0482. The monoisotopic (exact) mass is 376 g/mol. The molecule has 1 aromatic carbocycles. The van der Waals surface area contributed by atoms with Gasteiger partial charge < -0.3 is 10.3 Å². The van der Waals surface area contributed by atoms with E-state index in [0.29, 0.717) is 11.6 Å². The van der Waals surface area contributed by atoms with Crippen molar-refractivity contribution in [2.75, 3.05) is 0 Å². The predicted molar refractivity (Wildman–Crippen MR) is 106 cm³/mol. The van der Waals surface area contributed by atoms with Crippen molar-refractivity contribution < 1.29 is 4.79 Å². The van der Waals surface area contributed by atoms with Crippen LogP contribution < -0.4 is 5.32 Å². The van der Waals surface area contributed by atoms with E-state index in [1.807, 2.05) is 48.7 Å². The number of aromatic amines is 1. The molecule has 3 heterocycles. The van der Waals surface area contributed by atoms with E-state index in [1.165, 1.54) is 0 Å². The third-order valence-electron chi connectivity index (χ3n) is 4.34. The number of hydrogen-bond acceptors (Lipinski definition) is 3. The molecule has 5 nitrogen and oxygen atoms in total. The van der Waals surface area contributed by atoms with E-state index in [2.05, 4.69) is 20.3 Å².